The molecule has 0 unspecified atom stereocenters. The average Bonchev–Trinajstić information content (AvgIpc) is 3.15. The van der Waals surface area contributed by atoms with Crippen LogP contribution in [-0.2, 0) is 4.79 Å². The normalized spacial score (nSPS) is 13.1. The maximum Gasteiger partial charge on any atom is 0.250 e. The Labute approximate surface area is 131 Å². The lowest BCUT2D eigenvalue weighted by Gasteiger charge is -1.99. The van der Waals surface area contributed by atoms with Crippen LogP contribution in [0.4, 0.5) is 5.13 Å². The Bertz CT molecular complexity index is 750. The molecule has 0 saturated heterocycles. The van der Waals surface area contributed by atoms with Crippen molar-refractivity contribution in [3.05, 3.63) is 47.9 Å². The van der Waals surface area contributed by atoms with Crippen LogP contribution in [0.3, 0.4) is 0 Å². The highest BCUT2D eigenvalue weighted by atomic mass is 32.1. The molecule has 3 rings (SSSR count). The molecule has 0 radical (unpaired) electrons. The van der Waals surface area contributed by atoms with E-state index in [2.05, 4.69) is 10.3 Å². The Balaban J connectivity index is 1.72. The molecule has 1 amide bonds. The van der Waals surface area contributed by atoms with E-state index in [1.165, 1.54) is 17.4 Å². The molecule has 0 fully saturated rings. The van der Waals surface area contributed by atoms with Gasteiger partial charge in [0.15, 0.2) is 16.6 Å². The maximum atomic E-state index is 11.7. The number of carbonyl (C=O) groups is 1. The number of aromatic nitrogens is 1. The van der Waals surface area contributed by atoms with Crippen molar-refractivity contribution in [2.45, 2.75) is 6.92 Å². The van der Waals surface area contributed by atoms with Crippen molar-refractivity contribution in [2.75, 3.05) is 12.1 Å². The summed E-state index contributed by atoms with van der Waals surface area (Å²) >= 11 is 1.38. The number of nitrogens with one attached hydrogen (secondary N) is 1. The van der Waals surface area contributed by atoms with E-state index in [1.807, 2.05) is 36.6 Å². The fourth-order valence-corrected chi connectivity index (χ4v) is 2.64. The minimum Gasteiger partial charge on any atom is -0.454 e. The minimum absolute atomic E-state index is 0.204. The Hall–Kier alpha value is -2.60. The third-order valence-corrected chi connectivity index (χ3v) is 3.71. The van der Waals surface area contributed by atoms with E-state index in [-0.39, 0.29) is 12.7 Å². The van der Waals surface area contributed by atoms with Crippen molar-refractivity contribution in [2.24, 2.45) is 0 Å². The molecule has 1 aliphatic rings. The summed E-state index contributed by atoms with van der Waals surface area (Å²) in [5, 5.41) is 5.18. The zero-order valence-electron chi connectivity index (χ0n) is 11.9. The number of ether oxygens (including phenoxy) is 2. The monoisotopic (exact) mass is 314 g/mol. The summed E-state index contributed by atoms with van der Waals surface area (Å²) in [7, 11) is 0. The molecule has 5 nitrogen and oxygen atoms in total. The Morgan fingerprint density at radius 1 is 1.32 bits per heavy atom. The van der Waals surface area contributed by atoms with Crippen LogP contribution < -0.4 is 14.8 Å². The number of fused-ring (bicyclic) bond motifs is 1. The van der Waals surface area contributed by atoms with Gasteiger partial charge in [-0.1, -0.05) is 18.2 Å². The van der Waals surface area contributed by atoms with E-state index >= 15 is 0 Å². The molecule has 112 valence electrons. The highest BCUT2D eigenvalue weighted by Crippen LogP contribution is 2.36. The van der Waals surface area contributed by atoms with Crippen LogP contribution in [-0.4, -0.2) is 17.7 Å². The molecule has 2 aromatic rings. The third-order valence-electron chi connectivity index (χ3n) is 2.95. The number of thiazole rings is 1. The van der Waals surface area contributed by atoms with Gasteiger partial charge in [-0.15, -0.1) is 11.3 Å². The van der Waals surface area contributed by atoms with Crippen LogP contribution in [0.15, 0.2) is 47.9 Å². The van der Waals surface area contributed by atoms with Crippen molar-refractivity contribution in [3.8, 4) is 22.8 Å². The predicted molar refractivity (Wildman–Crippen MR) is 86.3 cm³/mol. The zero-order chi connectivity index (χ0) is 15.4. The number of benzene rings is 1. The van der Waals surface area contributed by atoms with Gasteiger partial charge in [-0.05, 0) is 25.1 Å². The molecule has 0 bridgehead atoms. The number of nitrogens with zero attached hydrogens (tertiary/aromatic N) is 1. The first kappa shape index (κ1) is 14.3. The third kappa shape index (κ3) is 3.17. The summed E-state index contributed by atoms with van der Waals surface area (Å²) in [5.41, 5.74) is 1.71. The summed E-state index contributed by atoms with van der Waals surface area (Å²) in [6.45, 7) is 2.14. The molecule has 6 heteroatoms. The van der Waals surface area contributed by atoms with Crippen LogP contribution in [0.1, 0.15) is 6.92 Å². The molecule has 0 spiro atoms. The largest absolute Gasteiger partial charge is 0.454 e. The first-order valence-corrected chi connectivity index (χ1v) is 7.60. The van der Waals surface area contributed by atoms with E-state index in [1.54, 1.807) is 12.2 Å². The van der Waals surface area contributed by atoms with E-state index < -0.39 is 0 Å². The van der Waals surface area contributed by atoms with Crippen LogP contribution >= 0.6 is 11.3 Å². The lowest BCUT2D eigenvalue weighted by Crippen LogP contribution is -2.07. The first-order valence-electron chi connectivity index (χ1n) is 6.72. The van der Waals surface area contributed by atoms with Gasteiger partial charge in [-0.2, -0.15) is 0 Å². The van der Waals surface area contributed by atoms with Crippen molar-refractivity contribution in [1.29, 1.82) is 0 Å². The highest BCUT2D eigenvalue weighted by Gasteiger charge is 2.15. The summed E-state index contributed by atoms with van der Waals surface area (Å²) < 4.78 is 10.6. The van der Waals surface area contributed by atoms with Gasteiger partial charge in [0.05, 0.1) is 5.69 Å². The first-order chi connectivity index (χ1) is 10.8. The van der Waals surface area contributed by atoms with Gasteiger partial charge >= 0.3 is 0 Å². The van der Waals surface area contributed by atoms with Gasteiger partial charge in [0.2, 0.25) is 12.7 Å². The molecule has 1 N–H and O–H groups in total. The van der Waals surface area contributed by atoms with Crippen LogP contribution in [0.25, 0.3) is 11.3 Å². The van der Waals surface area contributed by atoms with E-state index in [0.29, 0.717) is 10.9 Å². The molecule has 1 aromatic carbocycles. The Morgan fingerprint density at radius 3 is 3.05 bits per heavy atom. The fraction of sp³-hybridized carbons (Fsp3) is 0.125. The van der Waals surface area contributed by atoms with Gasteiger partial charge in [0, 0.05) is 17.0 Å². The standard InChI is InChI=1S/C16H14N2O3S/c1-2-3-4-5-15(19)18-16-17-12(9-22-16)11-6-7-13-14(8-11)21-10-20-13/h2-9H,10H2,1H3,(H,17,18,19)/b3-2+,5-4+. The summed E-state index contributed by atoms with van der Waals surface area (Å²) in [5.74, 6) is 1.25. The second-order valence-corrected chi connectivity index (χ2v) is 5.34. The molecule has 0 atom stereocenters. The zero-order valence-corrected chi connectivity index (χ0v) is 12.7. The Morgan fingerprint density at radius 2 is 2.18 bits per heavy atom. The van der Waals surface area contributed by atoms with Crippen LogP contribution in [0.2, 0.25) is 0 Å². The summed E-state index contributed by atoms with van der Waals surface area (Å²) in [4.78, 5) is 16.1. The average molecular weight is 314 g/mol. The number of carbonyl (C=O) groups excluding carboxylic acids is 1. The van der Waals surface area contributed by atoms with Crippen LogP contribution in [0, 0.1) is 0 Å². The molecule has 22 heavy (non-hydrogen) atoms. The van der Waals surface area contributed by atoms with Crippen LogP contribution in [0.5, 0.6) is 11.5 Å². The number of hydrogen-bond donors (Lipinski definition) is 1. The van der Waals surface area contributed by atoms with Gasteiger partial charge < -0.3 is 9.47 Å². The number of allylic oxidation sites excluding steroid dienone is 3. The van der Waals surface area contributed by atoms with Gasteiger partial charge in [0.25, 0.3) is 0 Å². The number of anilines is 1. The smallest absolute Gasteiger partial charge is 0.250 e. The van der Waals surface area contributed by atoms with E-state index in [4.69, 9.17) is 9.47 Å². The lowest BCUT2D eigenvalue weighted by molar-refractivity contribution is -0.111. The lowest BCUT2D eigenvalue weighted by atomic mass is 10.1. The molecular weight excluding hydrogens is 300 g/mol. The van der Waals surface area contributed by atoms with Crippen molar-refractivity contribution in [1.82, 2.24) is 4.98 Å². The van der Waals surface area contributed by atoms with Crippen molar-refractivity contribution < 1.29 is 14.3 Å². The molecule has 0 aliphatic carbocycles. The maximum absolute atomic E-state index is 11.7. The molecule has 1 aromatic heterocycles. The number of amides is 1. The van der Waals surface area contributed by atoms with Gasteiger partial charge in [0.1, 0.15) is 0 Å². The Kier molecular flexibility index (Phi) is 4.20. The van der Waals surface area contributed by atoms with E-state index in [0.717, 1.165) is 17.0 Å². The molecular formula is C16H14N2O3S. The topological polar surface area (TPSA) is 60.5 Å². The fourth-order valence-electron chi connectivity index (χ4n) is 1.92. The quantitative estimate of drug-likeness (QED) is 0.692. The molecule has 0 saturated carbocycles. The van der Waals surface area contributed by atoms with Gasteiger partial charge in [-0.25, -0.2) is 4.98 Å². The predicted octanol–water partition coefficient (Wildman–Crippen LogP) is 3.61. The highest BCUT2D eigenvalue weighted by molar-refractivity contribution is 7.14. The van der Waals surface area contributed by atoms with Crippen molar-refractivity contribution in [3.63, 3.8) is 0 Å². The van der Waals surface area contributed by atoms with Crippen molar-refractivity contribution >= 4 is 22.4 Å². The molecule has 2 heterocycles. The summed E-state index contributed by atoms with van der Waals surface area (Å²) in [6, 6.07) is 5.66. The second kappa shape index (κ2) is 6.44. The SMILES string of the molecule is C/C=C/C=C/C(=O)Nc1nc(-c2ccc3c(c2)OCO3)cs1. The minimum atomic E-state index is -0.204. The number of hydrogen-bond acceptors (Lipinski definition) is 5. The van der Waals surface area contributed by atoms with Gasteiger partial charge in [-0.3, -0.25) is 10.1 Å². The molecule has 1 aliphatic heterocycles. The van der Waals surface area contributed by atoms with E-state index in [9.17, 15) is 4.79 Å². The number of rotatable bonds is 4. The second-order valence-electron chi connectivity index (χ2n) is 4.48. The summed E-state index contributed by atoms with van der Waals surface area (Å²) in [6.07, 6.45) is 6.79.